The molecule has 0 aromatic heterocycles. The van der Waals surface area contributed by atoms with E-state index in [0.29, 0.717) is 12.3 Å². The van der Waals surface area contributed by atoms with Crippen LogP contribution in [0.1, 0.15) is 32.1 Å². The number of terminal acetylenes is 1. The molecule has 1 aliphatic heterocycles. The van der Waals surface area contributed by atoms with E-state index in [1.807, 2.05) is 0 Å². The third kappa shape index (κ3) is 2.28. The predicted molar refractivity (Wildman–Crippen MR) is 65.9 cm³/mol. The Morgan fingerprint density at radius 3 is 2.78 bits per heavy atom. The molecule has 2 N–H and O–H groups in total. The van der Waals surface area contributed by atoms with Gasteiger partial charge in [-0.15, -0.1) is 6.42 Å². The molecular formula is C13H18N2O3. The lowest BCUT2D eigenvalue weighted by molar-refractivity contribution is -0.141. The van der Waals surface area contributed by atoms with E-state index in [1.54, 1.807) is 0 Å². The molecule has 2 amide bonds. The smallest absolute Gasteiger partial charge is 0.326 e. The Bertz CT molecular complexity index is 388. The summed E-state index contributed by atoms with van der Waals surface area (Å²) in [7, 11) is 0. The zero-order valence-corrected chi connectivity index (χ0v) is 10.3. The molecule has 3 atom stereocenters. The summed E-state index contributed by atoms with van der Waals surface area (Å²) in [5.41, 5.74) is 0. The van der Waals surface area contributed by atoms with Crippen molar-refractivity contribution in [2.75, 3.05) is 6.54 Å². The maximum Gasteiger partial charge on any atom is 0.326 e. The van der Waals surface area contributed by atoms with Gasteiger partial charge in [-0.25, -0.2) is 9.59 Å². The highest BCUT2D eigenvalue weighted by Gasteiger charge is 2.47. The molecule has 1 saturated heterocycles. The lowest BCUT2D eigenvalue weighted by Gasteiger charge is -2.32. The Balaban J connectivity index is 2.14. The number of fused-ring (bicyclic) bond motifs is 1. The van der Waals surface area contributed by atoms with Crippen LogP contribution in [-0.4, -0.2) is 40.6 Å². The lowest BCUT2D eigenvalue weighted by atomic mass is 9.85. The first-order valence-corrected chi connectivity index (χ1v) is 6.37. The highest BCUT2D eigenvalue weighted by atomic mass is 16.4. The van der Waals surface area contributed by atoms with Crippen LogP contribution in [0.15, 0.2) is 0 Å². The van der Waals surface area contributed by atoms with E-state index in [9.17, 15) is 14.7 Å². The van der Waals surface area contributed by atoms with Crippen LogP contribution in [0, 0.1) is 18.3 Å². The molecule has 5 heteroatoms. The van der Waals surface area contributed by atoms with Crippen molar-refractivity contribution in [1.82, 2.24) is 10.2 Å². The Kier molecular flexibility index (Phi) is 3.75. The van der Waals surface area contributed by atoms with Crippen LogP contribution >= 0.6 is 0 Å². The summed E-state index contributed by atoms with van der Waals surface area (Å²) < 4.78 is 0. The SMILES string of the molecule is C#CCNC(=O)N1C(C(=O)O)CC2CCCCC21. The second-order valence-electron chi connectivity index (χ2n) is 4.97. The van der Waals surface area contributed by atoms with Crippen molar-refractivity contribution < 1.29 is 14.7 Å². The highest BCUT2D eigenvalue weighted by Crippen LogP contribution is 2.39. The van der Waals surface area contributed by atoms with Gasteiger partial charge in [0.25, 0.3) is 0 Å². The summed E-state index contributed by atoms with van der Waals surface area (Å²) in [6, 6.07) is -0.969. The number of carboxylic acids is 1. The van der Waals surface area contributed by atoms with Crippen LogP contribution in [0.3, 0.4) is 0 Å². The minimum Gasteiger partial charge on any atom is -0.480 e. The Morgan fingerprint density at radius 1 is 1.39 bits per heavy atom. The topological polar surface area (TPSA) is 69.6 Å². The lowest BCUT2D eigenvalue weighted by Crippen LogP contribution is -2.50. The van der Waals surface area contributed by atoms with Gasteiger partial charge >= 0.3 is 12.0 Å². The second-order valence-corrected chi connectivity index (χ2v) is 4.97. The second kappa shape index (κ2) is 5.30. The Labute approximate surface area is 107 Å². The van der Waals surface area contributed by atoms with Gasteiger partial charge in [0.2, 0.25) is 0 Å². The van der Waals surface area contributed by atoms with Crippen molar-refractivity contribution in [1.29, 1.82) is 0 Å². The summed E-state index contributed by atoms with van der Waals surface area (Å²) in [5.74, 6) is 1.75. The van der Waals surface area contributed by atoms with Gasteiger partial charge in [0.15, 0.2) is 0 Å². The fourth-order valence-electron chi connectivity index (χ4n) is 3.19. The van der Waals surface area contributed by atoms with Gasteiger partial charge in [-0.3, -0.25) is 0 Å². The zero-order valence-electron chi connectivity index (χ0n) is 10.3. The largest absolute Gasteiger partial charge is 0.480 e. The van der Waals surface area contributed by atoms with Crippen LogP contribution in [0.25, 0.3) is 0 Å². The van der Waals surface area contributed by atoms with Crippen molar-refractivity contribution in [2.24, 2.45) is 5.92 Å². The van der Waals surface area contributed by atoms with Gasteiger partial charge in [-0.1, -0.05) is 18.8 Å². The predicted octanol–water partition coefficient (Wildman–Crippen LogP) is 1.05. The first-order chi connectivity index (χ1) is 8.65. The number of nitrogens with one attached hydrogen (secondary N) is 1. The average Bonchev–Trinajstić information content (AvgIpc) is 2.75. The van der Waals surface area contributed by atoms with Crippen molar-refractivity contribution in [2.45, 2.75) is 44.2 Å². The molecule has 3 unspecified atom stereocenters. The summed E-state index contributed by atoms with van der Waals surface area (Å²) in [5, 5.41) is 11.8. The van der Waals surface area contributed by atoms with E-state index in [2.05, 4.69) is 11.2 Å². The first-order valence-electron chi connectivity index (χ1n) is 6.37. The van der Waals surface area contributed by atoms with E-state index in [-0.39, 0.29) is 18.6 Å². The number of hydrogen-bond acceptors (Lipinski definition) is 2. The number of likely N-dealkylation sites (tertiary alicyclic amines) is 1. The molecule has 0 spiro atoms. The minimum atomic E-state index is -0.916. The summed E-state index contributed by atoms with van der Waals surface area (Å²) >= 11 is 0. The number of aliphatic carboxylic acids is 1. The van der Waals surface area contributed by atoms with Crippen LogP contribution in [-0.2, 0) is 4.79 Å². The molecular weight excluding hydrogens is 232 g/mol. The van der Waals surface area contributed by atoms with Gasteiger partial charge in [-0.2, -0.15) is 0 Å². The molecule has 2 fully saturated rings. The number of nitrogens with zero attached hydrogens (tertiary/aromatic N) is 1. The Hall–Kier alpha value is -1.70. The molecule has 18 heavy (non-hydrogen) atoms. The van der Waals surface area contributed by atoms with Crippen molar-refractivity contribution >= 4 is 12.0 Å². The number of rotatable bonds is 2. The minimum absolute atomic E-state index is 0.0672. The highest BCUT2D eigenvalue weighted by molar-refractivity contribution is 5.84. The van der Waals surface area contributed by atoms with Crippen LogP contribution < -0.4 is 5.32 Å². The van der Waals surface area contributed by atoms with Crippen molar-refractivity contribution in [3.8, 4) is 12.3 Å². The maximum atomic E-state index is 12.0. The fraction of sp³-hybridized carbons (Fsp3) is 0.692. The standard InChI is InChI=1S/C13H18N2O3/c1-2-7-14-13(18)15-10-6-4-3-5-9(10)8-11(15)12(16)17/h1,9-11H,3-8H2,(H,14,18)(H,16,17). The summed E-state index contributed by atoms with van der Waals surface area (Å²) in [4.78, 5) is 24.8. The van der Waals surface area contributed by atoms with Gasteiger partial charge in [0.05, 0.1) is 6.54 Å². The van der Waals surface area contributed by atoms with E-state index in [4.69, 9.17) is 6.42 Å². The normalized spacial score (nSPS) is 30.4. The first kappa shape index (κ1) is 12.7. The van der Waals surface area contributed by atoms with Crippen LogP contribution in [0.2, 0.25) is 0 Å². The van der Waals surface area contributed by atoms with Crippen LogP contribution in [0.4, 0.5) is 4.79 Å². The van der Waals surface area contributed by atoms with Gasteiger partial charge < -0.3 is 15.3 Å². The molecule has 0 radical (unpaired) electrons. The molecule has 2 rings (SSSR count). The van der Waals surface area contributed by atoms with E-state index >= 15 is 0 Å². The van der Waals surface area contributed by atoms with Gasteiger partial charge in [0, 0.05) is 6.04 Å². The molecule has 1 aliphatic carbocycles. The number of carboxylic acid groups (broad SMARTS) is 1. The van der Waals surface area contributed by atoms with E-state index < -0.39 is 12.0 Å². The summed E-state index contributed by atoms with van der Waals surface area (Å²) in [6.07, 6.45) is 9.79. The molecule has 0 bridgehead atoms. The van der Waals surface area contributed by atoms with Crippen LogP contribution in [0.5, 0.6) is 0 Å². The van der Waals surface area contributed by atoms with Gasteiger partial charge in [0.1, 0.15) is 6.04 Å². The average molecular weight is 250 g/mol. The zero-order chi connectivity index (χ0) is 13.1. The molecule has 2 aliphatic rings. The molecule has 1 saturated carbocycles. The molecule has 5 nitrogen and oxygen atoms in total. The van der Waals surface area contributed by atoms with Crippen molar-refractivity contribution in [3.05, 3.63) is 0 Å². The van der Waals surface area contributed by atoms with Crippen molar-refractivity contribution in [3.63, 3.8) is 0 Å². The molecule has 1 heterocycles. The molecule has 98 valence electrons. The third-order valence-corrected chi connectivity index (χ3v) is 3.95. The number of urea groups is 1. The van der Waals surface area contributed by atoms with E-state index in [0.717, 1.165) is 25.7 Å². The number of hydrogen-bond donors (Lipinski definition) is 2. The number of carbonyl (C=O) groups excluding carboxylic acids is 1. The van der Waals surface area contributed by atoms with E-state index in [1.165, 1.54) is 4.90 Å². The third-order valence-electron chi connectivity index (χ3n) is 3.95. The maximum absolute atomic E-state index is 12.0. The molecule has 0 aromatic carbocycles. The Morgan fingerprint density at radius 2 is 2.11 bits per heavy atom. The quantitative estimate of drug-likeness (QED) is 0.720. The molecule has 0 aromatic rings. The summed E-state index contributed by atoms with van der Waals surface area (Å²) in [6.45, 7) is 0.138. The van der Waals surface area contributed by atoms with Gasteiger partial charge in [-0.05, 0) is 25.2 Å². The monoisotopic (exact) mass is 250 g/mol. The number of carbonyl (C=O) groups is 2. The number of amides is 2. The fourth-order valence-corrected chi connectivity index (χ4v) is 3.19.